The van der Waals surface area contributed by atoms with Crippen molar-refractivity contribution in [3.63, 3.8) is 0 Å². The van der Waals surface area contributed by atoms with Gasteiger partial charge in [-0.3, -0.25) is 19.2 Å². The number of tetrazole rings is 2. The van der Waals surface area contributed by atoms with E-state index in [4.69, 9.17) is 4.42 Å². The Hall–Kier alpha value is -9.57. The second-order valence-corrected chi connectivity index (χ2v) is 23.0. The molecule has 8 aromatic heterocycles. The highest BCUT2D eigenvalue weighted by atomic mass is 32.1. The van der Waals surface area contributed by atoms with Crippen LogP contribution in [0.5, 0.6) is 0 Å². The Labute approximate surface area is 465 Å². The number of carbonyl (C=O) groups is 4. The summed E-state index contributed by atoms with van der Waals surface area (Å²) in [5.74, 6) is 24.8. The molecule has 0 radical (unpaired) electrons. The lowest BCUT2D eigenvalue weighted by molar-refractivity contribution is 0.0803. The van der Waals surface area contributed by atoms with Crippen LogP contribution in [0.4, 0.5) is 0 Å². The molecule has 0 atom stereocenters. The van der Waals surface area contributed by atoms with Crippen LogP contribution in [0, 0.1) is 69.0 Å². The zero-order valence-corrected chi connectivity index (χ0v) is 46.1. The molecule has 12 rings (SSSR count). The van der Waals surface area contributed by atoms with Gasteiger partial charge in [-0.15, -0.1) is 20.4 Å². The zero-order chi connectivity index (χ0) is 56.7. The van der Waals surface area contributed by atoms with Crippen LogP contribution in [0.2, 0.25) is 0 Å². The first-order chi connectivity index (χ1) is 38.2. The van der Waals surface area contributed by atoms with E-state index in [1.165, 1.54) is 17.7 Å². The SMILES string of the molecule is CC1(C)CC(=O)c2ccc(C#Cc3nn[nH]n3)nc2C1.CC1(C)CC(=O)c2ccc(C#Cc3nncs3)nc2C1.CC1(C)CCc2nc(C#Cc3cnco3)ccc2C1=O.CC1(C)CCc2nc(C#Cc3nn[nH]n3)ccc2C1=O. The fraction of sp³-hybridized carbons (Fsp3) is 0.339. The van der Waals surface area contributed by atoms with Crippen LogP contribution >= 0.6 is 11.3 Å². The Bertz CT molecular complexity index is 3660. The maximum Gasteiger partial charge on any atom is 0.247 e. The second-order valence-electron chi connectivity index (χ2n) is 22.2. The van der Waals surface area contributed by atoms with Crippen LogP contribution in [0.15, 0.2) is 71.0 Å². The predicted octanol–water partition coefficient (Wildman–Crippen LogP) is 7.41. The molecule has 0 amide bonds. The first-order valence-corrected chi connectivity index (χ1v) is 26.4. The summed E-state index contributed by atoms with van der Waals surface area (Å²) >= 11 is 1.39. The first-order valence-electron chi connectivity index (χ1n) is 25.5. The van der Waals surface area contributed by atoms with Crippen molar-refractivity contribution in [1.82, 2.24) is 76.4 Å². The summed E-state index contributed by atoms with van der Waals surface area (Å²) in [6.45, 7) is 16.3. The number of aromatic amines is 2. The van der Waals surface area contributed by atoms with Gasteiger partial charge in [0.05, 0.1) is 29.0 Å². The Balaban J connectivity index is 0.000000129. The summed E-state index contributed by atoms with van der Waals surface area (Å²) in [7, 11) is 0. The van der Waals surface area contributed by atoms with Gasteiger partial charge in [0, 0.05) is 45.9 Å². The largest absolute Gasteiger partial charge is 0.435 e. The number of fused-ring (bicyclic) bond motifs is 4. The normalized spacial score (nSPS) is 16.2. The smallest absolute Gasteiger partial charge is 0.247 e. The quantitative estimate of drug-likeness (QED) is 0.140. The van der Waals surface area contributed by atoms with Gasteiger partial charge in [0.15, 0.2) is 40.3 Å². The number of aryl methyl sites for hydroxylation is 2. The summed E-state index contributed by atoms with van der Waals surface area (Å²) in [4.78, 5) is 70.4. The number of H-pyrrole nitrogens is 2. The third kappa shape index (κ3) is 13.7. The van der Waals surface area contributed by atoms with E-state index in [0.29, 0.717) is 63.6 Å². The van der Waals surface area contributed by atoms with Crippen molar-refractivity contribution in [2.75, 3.05) is 0 Å². The highest BCUT2D eigenvalue weighted by Crippen LogP contribution is 2.37. The summed E-state index contributed by atoms with van der Waals surface area (Å²) in [6.07, 6.45) is 8.87. The van der Waals surface area contributed by atoms with Gasteiger partial charge < -0.3 is 4.42 Å². The van der Waals surface area contributed by atoms with Crippen molar-refractivity contribution in [2.45, 2.75) is 107 Å². The van der Waals surface area contributed by atoms with Crippen LogP contribution in [0.25, 0.3) is 0 Å². The monoisotopic (exact) mass is 1080 g/mol. The molecule has 0 saturated heterocycles. The van der Waals surface area contributed by atoms with E-state index < -0.39 is 0 Å². The predicted molar refractivity (Wildman–Crippen MR) is 291 cm³/mol. The van der Waals surface area contributed by atoms with E-state index in [9.17, 15) is 19.2 Å². The molecule has 4 aliphatic rings. The van der Waals surface area contributed by atoms with E-state index in [2.05, 4.69) is 151 Å². The molecular formula is C59H53N15O5S. The van der Waals surface area contributed by atoms with Gasteiger partial charge in [-0.2, -0.15) is 10.4 Å². The van der Waals surface area contributed by atoms with Crippen LogP contribution in [-0.4, -0.2) is 99.5 Å². The number of ketones is 4. The minimum atomic E-state index is -0.299. The van der Waals surface area contributed by atoms with Gasteiger partial charge in [0.25, 0.3) is 0 Å². The van der Waals surface area contributed by atoms with Crippen molar-refractivity contribution < 1.29 is 23.6 Å². The highest BCUT2D eigenvalue weighted by Gasteiger charge is 2.37. The van der Waals surface area contributed by atoms with Gasteiger partial charge in [-0.1, -0.05) is 76.9 Å². The van der Waals surface area contributed by atoms with Crippen molar-refractivity contribution >= 4 is 34.5 Å². The molecule has 2 N–H and O–H groups in total. The summed E-state index contributed by atoms with van der Waals surface area (Å²) in [6, 6.07) is 14.4. The van der Waals surface area contributed by atoms with Crippen LogP contribution in [-0.2, 0) is 25.7 Å². The molecule has 0 aliphatic heterocycles. The van der Waals surface area contributed by atoms with E-state index in [-0.39, 0.29) is 44.8 Å². The number of carbonyl (C=O) groups excluding carboxylic acids is 4. The number of rotatable bonds is 0. The molecular weight excluding hydrogens is 1030 g/mol. The third-order valence-corrected chi connectivity index (χ3v) is 14.1. The number of Topliss-reactive ketones (excluding diaryl/α,β-unsaturated/α-hetero) is 4. The molecule has 0 unspecified atom stereocenters. The topological polar surface area (TPSA) is 281 Å². The maximum absolute atomic E-state index is 12.3. The lowest BCUT2D eigenvalue weighted by atomic mass is 9.75. The fourth-order valence-electron chi connectivity index (χ4n) is 9.18. The Kier molecular flexibility index (Phi) is 16.0. The van der Waals surface area contributed by atoms with Crippen molar-refractivity contribution in [2.24, 2.45) is 21.7 Å². The maximum atomic E-state index is 12.3. The standard InChI is InChI=1S/C16H14N2O2.C15H13N3OS.2C14H13N5O/c1-16(2)8-7-14-13(15(16)19)6-4-11(18-14)3-5-12-9-17-10-20-12;1-15(2)7-12-11(13(19)8-15)5-3-10(17-12)4-6-14-18-16-9-20-14;1-14(2)7-11-10(12(20)8-14)5-3-9(15-11)4-6-13-16-18-19-17-13;1-14(2)8-7-11-10(13(14)20)5-3-9(15-11)4-6-12-16-18-19-17-12/h4,6,9-10H,7-8H2,1-2H3;3,5,9H,7-8H2,1-2H3;2*3,5H,7-8H2,1-2H3,(H,16,17,18,19). The molecule has 0 saturated carbocycles. The number of hydrogen-bond donors (Lipinski definition) is 2. The van der Waals surface area contributed by atoms with Gasteiger partial charge in [0.1, 0.15) is 28.3 Å². The Morgan fingerprint density at radius 2 is 0.938 bits per heavy atom. The van der Waals surface area contributed by atoms with Gasteiger partial charge in [-0.05, 0) is 156 Å². The molecule has 8 heterocycles. The number of oxazole rings is 1. The van der Waals surface area contributed by atoms with Crippen LogP contribution in [0.3, 0.4) is 0 Å². The molecule has 4 aliphatic carbocycles. The summed E-state index contributed by atoms with van der Waals surface area (Å²) < 4.78 is 5.05. The molecule has 0 bridgehead atoms. The van der Waals surface area contributed by atoms with Gasteiger partial charge in [-0.25, -0.2) is 24.9 Å². The molecule has 0 fully saturated rings. The summed E-state index contributed by atoms with van der Waals surface area (Å²) in [5, 5.41) is 34.8. The third-order valence-electron chi connectivity index (χ3n) is 13.5. The number of nitrogens with zero attached hydrogens (tertiary/aromatic N) is 13. The number of aromatic nitrogens is 15. The van der Waals surface area contributed by atoms with E-state index in [0.717, 1.165) is 78.0 Å². The number of hydrogen-bond acceptors (Lipinski definition) is 19. The molecule has 20 nitrogen and oxygen atoms in total. The zero-order valence-electron chi connectivity index (χ0n) is 45.3. The molecule has 80 heavy (non-hydrogen) atoms. The lowest BCUT2D eigenvalue weighted by Crippen LogP contribution is -2.31. The van der Waals surface area contributed by atoms with Crippen molar-refractivity contribution in [1.29, 1.82) is 0 Å². The van der Waals surface area contributed by atoms with Crippen LogP contribution < -0.4 is 0 Å². The number of nitrogens with one attached hydrogen (secondary N) is 2. The molecule has 21 heteroatoms. The Morgan fingerprint density at radius 3 is 1.35 bits per heavy atom. The van der Waals surface area contributed by atoms with Crippen LogP contribution in [0.1, 0.15) is 190 Å². The highest BCUT2D eigenvalue weighted by molar-refractivity contribution is 7.09. The second kappa shape index (κ2) is 23.2. The lowest BCUT2D eigenvalue weighted by Gasteiger charge is -2.29. The van der Waals surface area contributed by atoms with Gasteiger partial charge >= 0.3 is 0 Å². The average Bonchev–Trinajstić information content (AvgIpc) is 4.37. The van der Waals surface area contributed by atoms with E-state index in [1.807, 2.05) is 45.9 Å². The molecule has 400 valence electrons. The first kappa shape index (κ1) is 55.2. The minimum absolute atomic E-state index is 0.0254. The van der Waals surface area contributed by atoms with Crippen molar-refractivity contribution in [3.05, 3.63) is 157 Å². The van der Waals surface area contributed by atoms with Gasteiger partial charge in [0.2, 0.25) is 11.6 Å². The van der Waals surface area contributed by atoms with E-state index >= 15 is 0 Å². The van der Waals surface area contributed by atoms with E-state index in [1.54, 1.807) is 42.0 Å². The molecule has 8 aromatic rings. The minimum Gasteiger partial charge on any atom is -0.435 e. The average molecular weight is 1080 g/mol. The Morgan fingerprint density at radius 1 is 0.500 bits per heavy atom. The molecule has 0 spiro atoms. The fourth-order valence-corrected chi connectivity index (χ4v) is 9.58. The summed E-state index contributed by atoms with van der Waals surface area (Å²) in [5.41, 5.74) is 9.78. The van der Waals surface area contributed by atoms with Crippen molar-refractivity contribution in [3.8, 4) is 47.4 Å². The molecule has 0 aromatic carbocycles. The number of pyridine rings is 4.